The molecule has 0 spiro atoms. The molecule has 1 aromatic carbocycles. The van der Waals surface area contributed by atoms with Gasteiger partial charge in [0, 0.05) is 0 Å². The number of pyridine rings is 1. The first-order chi connectivity index (χ1) is 11.3. The van der Waals surface area contributed by atoms with Gasteiger partial charge >= 0.3 is 5.69 Å². The molecule has 0 saturated heterocycles. The lowest BCUT2D eigenvalue weighted by molar-refractivity contribution is 0.439. The van der Waals surface area contributed by atoms with E-state index in [1.54, 1.807) is 12.1 Å². The van der Waals surface area contributed by atoms with Gasteiger partial charge < -0.3 is 10.2 Å². The van der Waals surface area contributed by atoms with E-state index in [-0.39, 0.29) is 17.0 Å². The van der Waals surface area contributed by atoms with Gasteiger partial charge in [0.05, 0.1) is 5.69 Å². The van der Waals surface area contributed by atoms with Gasteiger partial charge in [-0.05, 0) is 17.5 Å². The summed E-state index contributed by atoms with van der Waals surface area (Å²) in [5.74, 6) is -1.21. The average molecular weight is 348 g/mol. The summed E-state index contributed by atoms with van der Waals surface area (Å²) in [5.41, 5.74) is -0.401. The number of halogens is 1. The molecule has 0 saturated carbocycles. The van der Waals surface area contributed by atoms with Gasteiger partial charge in [0.2, 0.25) is 5.88 Å². The fourth-order valence-electron chi connectivity index (χ4n) is 2.61. The maximum absolute atomic E-state index is 12.4. The number of aromatic nitrogens is 3. The molecule has 2 heterocycles. The van der Waals surface area contributed by atoms with Gasteiger partial charge in [-0.2, -0.15) is 4.98 Å². The van der Waals surface area contributed by atoms with Crippen LogP contribution in [0.5, 0.6) is 11.6 Å². The van der Waals surface area contributed by atoms with Crippen LogP contribution in [-0.2, 0) is 0 Å². The van der Waals surface area contributed by atoms with Gasteiger partial charge in [0.1, 0.15) is 10.4 Å². The third kappa shape index (κ3) is 2.33. The van der Waals surface area contributed by atoms with Gasteiger partial charge in [-0.25, -0.2) is 9.36 Å². The standard InChI is InChI=1S/C16H14ClN3O4/c1-7(2)8-5-3-4-6-9(8)20-13-10(14(22)19-16(20)24)12(21)11(17)15(23)18-13/h3-7H,1-2H3,(H2,18,21,23)(H,19,22,24). The van der Waals surface area contributed by atoms with Crippen molar-refractivity contribution in [1.29, 1.82) is 0 Å². The Balaban J connectivity index is 2.56. The summed E-state index contributed by atoms with van der Waals surface area (Å²) in [6.45, 7) is 3.91. The second-order valence-corrected chi connectivity index (χ2v) is 5.98. The second-order valence-electron chi connectivity index (χ2n) is 5.60. The number of nitrogens with zero attached hydrogens (tertiary/aromatic N) is 2. The number of hydrogen-bond acceptors (Lipinski definition) is 5. The van der Waals surface area contributed by atoms with Crippen molar-refractivity contribution in [3.63, 3.8) is 0 Å². The quantitative estimate of drug-likeness (QED) is 0.659. The number of aromatic amines is 1. The summed E-state index contributed by atoms with van der Waals surface area (Å²) in [6.07, 6.45) is 0. The molecule has 0 bridgehead atoms. The third-order valence-electron chi connectivity index (χ3n) is 3.74. The second kappa shape index (κ2) is 5.68. The molecule has 0 radical (unpaired) electrons. The molecule has 0 fully saturated rings. The minimum Gasteiger partial charge on any atom is -0.505 e. The maximum Gasteiger partial charge on any atom is 0.334 e. The lowest BCUT2D eigenvalue weighted by Crippen LogP contribution is -2.30. The molecule has 0 amide bonds. The number of hydrogen-bond donors (Lipinski definition) is 3. The Hall–Kier alpha value is -2.80. The van der Waals surface area contributed by atoms with Gasteiger partial charge in [0.15, 0.2) is 11.4 Å². The molecule has 3 N–H and O–H groups in total. The largest absolute Gasteiger partial charge is 0.505 e. The van der Waals surface area contributed by atoms with E-state index < -0.39 is 27.9 Å². The molecule has 3 rings (SSSR count). The van der Waals surface area contributed by atoms with Crippen LogP contribution in [0.1, 0.15) is 25.3 Å². The number of para-hydroxylation sites is 1. The number of fused-ring (bicyclic) bond motifs is 1. The summed E-state index contributed by atoms with van der Waals surface area (Å²) in [5, 5.41) is 19.2. The maximum atomic E-state index is 12.4. The first kappa shape index (κ1) is 16.1. The van der Waals surface area contributed by atoms with E-state index in [4.69, 9.17) is 11.6 Å². The van der Waals surface area contributed by atoms with Gasteiger partial charge in [0.25, 0.3) is 5.56 Å². The van der Waals surface area contributed by atoms with Crippen LogP contribution in [0, 0.1) is 0 Å². The topological polar surface area (TPSA) is 108 Å². The molecule has 2 aromatic heterocycles. The summed E-state index contributed by atoms with van der Waals surface area (Å²) in [6, 6.07) is 7.11. The number of nitrogens with one attached hydrogen (secondary N) is 1. The molecule has 0 aliphatic rings. The van der Waals surface area contributed by atoms with Crippen molar-refractivity contribution in [3.8, 4) is 17.3 Å². The zero-order valence-corrected chi connectivity index (χ0v) is 13.6. The van der Waals surface area contributed by atoms with Crippen LogP contribution >= 0.6 is 11.6 Å². The predicted octanol–water partition coefficient (Wildman–Crippen LogP) is 2.26. The first-order valence-corrected chi connectivity index (χ1v) is 7.56. The minimum atomic E-state index is -0.833. The Morgan fingerprint density at radius 1 is 1.21 bits per heavy atom. The fourth-order valence-corrected chi connectivity index (χ4v) is 2.75. The summed E-state index contributed by atoms with van der Waals surface area (Å²) in [4.78, 5) is 30.5. The highest BCUT2D eigenvalue weighted by atomic mass is 35.5. The Labute approximate surface area is 140 Å². The SMILES string of the molecule is CC(C)c1ccccc1-n1c(=O)[nH]c(=O)c2c(O)c(Cl)c(O)nc21. The van der Waals surface area contributed by atoms with E-state index in [9.17, 15) is 19.8 Å². The van der Waals surface area contributed by atoms with Crippen molar-refractivity contribution in [2.24, 2.45) is 0 Å². The zero-order chi connectivity index (χ0) is 17.6. The Morgan fingerprint density at radius 3 is 2.54 bits per heavy atom. The van der Waals surface area contributed by atoms with Crippen molar-refractivity contribution in [2.45, 2.75) is 19.8 Å². The van der Waals surface area contributed by atoms with Crippen LogP contribution < -0.4 is 11.2 Å². The van der Waals surface area contributed by atoms with Crippen LogP contribution in [0.4, 0.5) is 0 Å². The summed E-state index contributed by atoms with van der Waals surface area (Å²) in [7, 11) is 0. The van der Waals surface area contributed by atoms with Crippen LogP contribution in [0.15, 0.2) is 33.9 Å². The molecule has 0 aliphatic carbocycles. The molecule has 0 aliphatic heterocycles. The third-order valence-corrected chi connectivity index (χ3v) is 4.09. The van der Waals surface area contributed by atoms with Crippen LogP contribution in [0.25, 0.3) is 16.7 Å². The van der Waals surface area contributed by atoms with Gasteiger partial charge in [-0.1, -0.05) is 43.6 Å². The van der Waals surface area contributed by atoms with Gasteiger partial charge in [-0.3, -0.25) is 9.78 Å². The Morgan fingerprint density at radius 2 is 1.88 bits per heavy atom. The van der Waals surface area contributed by atoms with Crippen molar-refractivity contribution < 1.29 is 10.2 Å². The van der Waals surface area contributed by atoms with E-state index in [1.165, 1.54) is 0 Å². The molecule has 0 atom stereocenters. The molecule has 24 heavy (non-hydrogen) atoms. The lowest BCUT2D eigenvalue weighted by Gasteiger charge is -2.16. The highest BCUT2D eigenvalue weighted by Crippen LogP contribution is 2.35. The van der Waals surface area contributed by atoms with Crippen molar-refractivity contribution in [1.82, 2.24) is 14.5 Å². The summed E-state index contributed by atoms with van der Waals surface area (Å²) >= 11 is 5.75. The highest BCUT2D eigenvalue weighted by molar-refractivity contribution is 6.34. The van der Waals surface area contributed by atoms with E-state index in [0.29, 0.717) is 5.69 Å². The molecule has 3 aromatic rings. The van der Waals surface area contributed by atoms with Crippen molar-refractivity contribution in [2.75, 3.05) is 0 Å². The van der Waals surface area contributed by atoms with E-state index in [0.717, 1.165) is 10.1 Å². The van der Waals surface area contributed by atoms with E-state index >= 15 is 0 Å². The smallest absolute Gasteiger partial charge is 0.334 e. The van der Waals surface area contributed by atoms with Crippen LogP contribution in [-0.4, -0.2) is 24.7 Å². The highest BCUT2D eigenvalue weighted by Gasteiger charge is 2.21. The van der Waals surface area contributed by atoms with E-state index in [2.05, 4.69) is 9.97 Å². The molecule has 0 unspecified atom stereocenters. The van der Waals surface area contributed by atoms with Crippen LogP contribution in [0.2, 0.25) is 5.02 Å². The predicted molar refractivity (Wildman–Crippen MR) is 90.4 cm³/mol. The lowest BCUT2D eigenvalue weighted by atomic mass is 10.0. The monoisotopic (exact) mass is 347 g/mol. The zero-order valence-electron chi connectivity index (χ0n) is 12.9. The van der Waals surface area contributed by atoms with Crippen LogP contribution in [0.3, 0.4) is 0 Å². The average Bonchev–Trinajstić information content (AvgIpc) is 2.52. The molecule has 7 nitrogen and oxygen atoms in total. The molecular weight excluding hydrogens is 334 g/mol. The number of aromatic hydroxyl groups is 2. The molecular formula is C16H14ClN3O4. The van der Waals surface area contributed by atoms with Crippen molar-refractivity contribution in [3.05, 3.63) is 55.7 Å². The number of benzene rings is 1. The number of rotatable bonds is 2. The first-order valence-electron chi connectivity index (χ1n) is 7.18. The normalized spacial score (nSPS) is 11.3. The van der Waals surface area contributed by atoms with Crippen molar-refractivity contribution >= 4 is 22.6 Å². The van der Waals surface area contributed by atoms with E-state index in [1.807, 2.05) is 26.0 Å². The Bertz CT molecular complexity index is 1070. The number of H-pyrrole nitrogens is 1. The molecule has 8 heteroatoms. The minimum absolute atomic E-state index is 0.0876. The fraction of sp³-hybridized carbons (Fsp3) is 0.188. The van der Waals surface area contributed by atoms with Gasteiger partial charge in [-0.15, -0.1) is 0 Å². The molecule has 124 valence electrons. The summed E-state index contributed by atoms with van der Waals surface area (Å²) < 4.78 is 1.14. The Kier molecular flexibility index (Phi) is 3.81.